The summed E-state index contributed by atoms with van der Waals surface area (Å²) in [5.74, 6) is 6.52. The SMILES string of the molecule is CCCCC(CC)C(Cc1ccc2c(c1)CCC2)NN. The van der Waals surface area contributed by atoms with Gasteiger partial charge in [0.1, 0.15) is 0 Å². The molecule has 20 heavy (non-hydrogen) atoms. The summed E-state index contributed by atoms with van der Waals surface area (Å²) in [4.78, 5) is 0. The van der Waals surface area contributed by atoms with Crippen LogP contribution in [0, 0.1) is 5.92 Å². The second-order valence-electron chi connectivity index (χ2n) is 6.24. The molecule has 1 aromatic rings. The second-order valence-corrected chi connectivity index (χ2v) is 6.24. The van der Waals surface area contributed by atoms with Gasteiger partial charge in [-0.15, -0.1) is 0 Å². The number of aryl methyl sites for hydroxylation is 2. The number of hydrazine groups is 1. The average Bonchev–Trinajstić information content (AvgIpc) is 2.94. The highest BCUT2D eigenvalue weighted by atomic mass is 15.2. The first-order chi connectivity index (χ1) is 9.78. The Labute approximate surface area is 124 Å². The van der Waals surface area contributed by atoms with Gasteiger partial charge in [0.15, 0.2) is 0 Å². The third kappa shape index (κ3) is 3.83. The van der Waals surface area contributed by atoms with E-state index < -0.39 is 0 Å². The first-order valence-electron chi connectivity index (χ1n) is 8.35. The number of unbranched alkanes of at least 4 members (excludes halogenated alkanes) is 1. The molecule has 112 valence electrons. The summed E-state index contributed by atoms with van der Waals surface area (Å²) < 4.78 is 0. The molecule has 0 amide bonds. The Morgan fingerprint density at radius 2 is 2.00 bits per heavy atom. The van der Waals surface area contributed by atoms with E-state index in [9.17, 15) is 0 Å². The van der Waals surface area contributed by atoms with Crippen LogP contribution in [0.1, 0.15) is 62.6 Å². The molecule has 2 unspecified atom stereocenters. The van der Waals surface area contributed by atoms with E-state index in [1.54, 1.807) is 11.1 Å². The van der Waals surface area contributed by atoms with Crippen molar-refractivity contribution in [1.29, 1.82) is 0 Å². The molecule has 2 rings (SSSR count). The zero-order valence-corrected chi connectivity index (χ0v) is 13.1. The van der Waals surface area contributed by atoms with Crippen LogP contribution in [0.4, 0.5) is 0 Å². The summed E-state index contributed by atoms with van der Waals surface area (Å²) in [5.41, 5.74) is 7.65. The highest BCUT2D eigenvalue weighted by Crippen LogP contribution is 2.25. The summed E-state index contributed by atoms with van der Waals surface area (Å²) in [5, 5.41) is 0. The topological polar surface area (TPSA) is 38.0 Å². The minimum Gasteiger partial charge on any atom is -0.271 e. The molecule has 2 atom stereocenters. The molecule has 0 saturated heterocycles. The van der Waals surface area contributed by atoms with Crippen molar-refractivity contribution in [2.45, 2.75) is 71.3 Å². The maximum Gasteiger partial charge on any atom is 0.0279 e. The van der Waals surface area contributed by atoms with Crippen molar-refractivity contribution in [3.05, 3.63) is 34.9 Å². The number of fused-ring (bicyclic) bond motifs is 1. The maximum absolute atomic E-state index is 5.83. The molecular formula is C18H30N2. The van der Waals surface area contributed by atoms with Crippen LogP contribution in [-0.2, 0) is 19.3 Å². The van der Waals surface area contributed by atoms with E-state index in [0.717, 1.165) is 6.42 Å². The minimum absolute atomic E-state index is 0.408. The maximum atomic E-state index is 5.83. The van der Waals surface area contributed by atoms with Crippen LogP contribution in [0.2, 0.25) is 0 Å². The summed E-state index contributed by atoms with van der Waals surface area (Å²) in [6.45, 7) is 4.55. The third-order valence-electron chi connectivity index (χ3n) is 4.85. The van der Waals surface area contributed by atoms with Crippen LogP contribution in [0.15, 0.2) is 18.2 Å². The lowest BCUT2D eigenvalue weighted by Crippen LogP contribution is -2.42. The molecule has 0 aromatic heterocycles. The van der Waals surface area contributed by atoms with Crippen LogP contribution in [0.3, 0.4) is 0 Å². The standard InChI is InChI=1S/C18H30N2/c1-3-5-7-15(4-2)18(20-19)13-14-10-11-16-8-6-9-17(16)12-14/h10-12,15,18,20H,3-9,13,19H2,1-2H3. The van der Waals surface area contributed by atoms with Gasteiger partial charge < -0.3 is 0 Å². The van der Waals surface area contributed by atoms with Gasteiger partial charge in [-0.1, -0.05) is 51.3 Å². The normalized spacial score (nSPS) is 16.9. The van der Waals surface area contributed by atoms with Crippen molar-refractivity contribution in [3.8, 4) is 0 Å². The zero-order chi connectivity index (χ0) is 14.4. The molecule has 1 aliphatic rings. The van der Waals surface area contributed by atoms with Gasteiger partial charge in [0.2, 0.25) is 0 Å². The summed E-state index contributed by atoms with van der Waals surface area (Å²) in [6.07, 6.45) is 9.98. The lowest BCUT2D eigenvalue weighted by atomic mass is 9.87. The molecule has 1 aliphatic carbocycles. The molecule has 0 saturated carbocycles. The molecular weight excluding hydrogens is 244 g/mol. The van der Waals surface area contributed by atoms with Crippen LogP contribution in [-0.4, -0.2) is 6.04 Å². The van der Waals surface area contributed by atoms with Gasteiger partial charge in [-0.3, -0.25) is 11.3 Å². The fraction of sp³-hybridized carbons (Fsp3) is 0.667. The predicted octanol–water partition coefficient (Wildman–Crippen LogP) is 3.77. The van der Waals surface area contributed by atoms with E-state index in [1.807, 2.05) is 0 Å². The number of nitrogens with one attached hydrogen (secondary N) is 1. The molecule has 2 nitrogen and oxygen atoms in total. The molecule has 0 spiro atoms. The molecule has 0 radical (unpaired) electrons. The van der Waals surface area contributed by atoms with Crippen molar-refractivity contribution in [3.63, 3.8) is 0 Å². The van der Waals surface area contributed by atoms with Crippen LogP contribution in [0.5, 0.6) is 0 Å². The average molecular weight is 274 g/mol. The number of nitrogens with two attached hydrogens (primary N) is 1. The first kappa shape index (κ1) is 15.5. The Morgan fingerprint density at radius 3 is 2.70 bits per heavy atom. The van der Waals surface area contributed by atoms with Gasteiger partial charge in [-0.2, -0.15) is 0 Å². The van der Waals surface area contributed by atoms with Crippen molar-refractivity contribution in [2.24, 2.45) is 11.8 Å². The van der Waals surface area contributed by atoms with Crippen molar-refractivity contribution in [1.82, 2.24) is 5.43 Å². The van der Waals surface area contributed by atoms with Gasteiger partial charge in [0.05, 0.1) is 0 Å². The largest absolute Gasteiger partial charge is 0.271 e. The van der Waals surface area contributed by atoms with Crippen molar-refractivity contribution >= 4 is 0 Å². The Bertz CT molecular complexity index is 414. The third-order valence-corrected chi connectivity index (χ3v) is 4.85. The van der Waals surface area contributed by atoms with E-state index in [2.05, 4.69) is 37.5 Å². The van der Waals surface area contributed by atoms with Crippen LogP contribution >= 0.6 is 0 Å². The fourth-order valence-electron chi connectivity index (χ4n) is 3.52. The van der Waals surface area contributed by atoms with Gasteiger partial charge in [0.25, 0.3) is 0 Å². The molecule has 3 N–H and O–H groups in total. The van der Waals surface area contributed by atoms with Gasteiger partial charge in [0, 0.05) is 6.04 Å². The summed E-state index contributed by atoms with van der Waals surface area (Å²) in [6, 6.07) is 7.46. The van der Waals surface area contributed by atoms with Crippen LogP contribution in [0.25, 0.3) is 0 Å². The summed E-state index contributed by atoms with van der Waals surface area (Å²) in [7, 11) is 0. The number of benzene rings is 1. The Kier molecular flexibility index (Phi) is 6.06. The zero-order valence-electron chi connectivity index (χ0n) is 13.1. The van der Waals surface area contributed by atoms with Crippen molar-refractivity contribution in [2.75, 3.05) is 0 Å². The molecule has 2 heteroatoms. The molecule has 0 heterocycles. The van der Waals surface area contributed by atoms with E-state index >= 15 is 0 Å². The van der Waals surface area contributed by atoms with Crippen molar-refractivity contribution < 1.29 is 0 Å². The molecule has 0 fully saturated rings. The summed E-state index contributed by atoms with van der Waals surface area (Å²) >= 11 is 0. The fourth-order valence-corrected chi connectivity index (χ4v) is 3.52. The number of hydrogen-bond acceptors (Lipinski definition) is 2. The predicted molar refractivity (Wildman–Crippen MR) is 86.6 cm³/mol. The van der Waals surface area contributed by atoms with E-state index in [1.165, 1.54) is 50.5 Å². The van der Waals surface area contributed by atoms with E-state index in [4.69, 9.17) is 5.84 Å². The van der Waals surface area contributed by atoms with Gasteiger partial charge in [-0.25, -0.2) is 0 Å². The number of rotatable bonds is 8. The second kappa shape index (κ2) is 7.80. The van der Waals surface area contributed by atoms with E-state index in [-0.39, 0.29) is 0 Å². The quantitative estimate of drug-likeness (QED) is 0.559. The minimum atomic E-state index is 0.408. The molecule has 0 bridgehead atoms. The van der Waals surface area contributed by atoms with E-state index in [0.29, 0.717) is 12.0 Å². The smallest absolute Gasteiger partial charge is 0.0279 e. The highest BCUT2D eigenvalue weighted by Gasteiger charge is 2.19. The number of hydrogen-bond donors (Lipinski definition) is 2. The first-order valence-corrected chi connectivity index (χ1v) is 8.35. The Morgan fingerprint density at radius 1 is 1.20 bits per heavy atom. The molecule has 0 aliphatic heterocycles. The lowest BCUT2D eigenvalue weighted by Gasteiger charge is -2.26. The highest BCUT2D eigenvalue weighted by molar-refractivity contribution is 5.35. The van der Waals surface area contributed by atoms with Crippen LogP contribution < -0.4 is 11.3 Å². The Balaban J connectivity index is 2.01. The van der Waals surface area contributed by atoms with Gasteiger partial charge >= 0.3 is 0 Å². The lowest BCUT2D eigenvalue weighted by molar-refractivity contribution is 0.318. The monoisotopic (exact) mass is 274 g/mol. The molecule has 1 aromatic carbocycles. The van der Waals surface area contributed by atoms with Gasteiger partial charge in [-0.05, 0) is 54.7 Å². The Hall–Kier alpha value is -0.860.